The van der Waals surface area contributed by atoms with E-state index in [4.69, 9.17) is 4.74 Å². The van der Waals surface area contributed by atoms with Crippen molar-refractivity contribution in [2.75, 3.05) is 18.6 Å². The highest BCUT2D eigenvalue weighted by molar-refractivity contribution is 7.89. The van der Waals surface area contributed by atoms with E-state index in [9.17, 15) is 13.2 Å². The Bertz CT molecular complexity index is 970. The molecule has 1 aliphatic rings. The molecule has 1 N–H and O–H groups in total. The van der Waals surface area contributed by atoms with Gasteiger partial charge in [0, 0.05) is 25.2 Å². The van der Waals surface area contributed by atoms with Crippen LogP contribution < -0.4 is 14.4 Å². The summed E-state index contributed by atoms with van der Waals surface area (Å²) >= 11 is 0. The van der Waals surface area contributed by atoms with Gasteiger partial charge < -0.3 is 9.64 Å². The predicted molar refractivity (Wildman–Crippen MR) is 105 cm³/mol. The van der Waals surface area contributed by atoms with Gasteiger partial charge in [0.2, 0.25) is 15.9 Å². The van der Waals surface area contributed by atoms with Crippen molar-refractivity contribution in [2.24, 2.45) is 0 Å². The first-order valence-electron chi connectivity index (χ1n) is 8.86. The molecule has 27 heavy (non-hydrogen) atoms. The van der Waals surface area contributed by atoms with Crippen molar-refractivity contribution in [1.82, 2.24) is 4.72 Å². The van der Waals surface area contributed by atoms with E-state index in [1.165, 1.54) is 0 Å². The number of rotatable bonds is 6. The van der Waals surface area contributed by atoms with Crippen LogP contribution in [0.2, 0.25) is 0 Å². The zero-order valence-electron chi connectivity index (χ0n) is 15.8. The minimum atomic E-state index is -3.67. The van der Waals surface area contributed by atoms with Crippen LogP contribution >= 0.6 is 0 Å². The second-order valence-electron chi connectivity index (χ2n) is 6.73. The average molecular weight is 388 g/mol. The standard InChI is InChI=1S/C20H24N2O4S/c1-14-11-19(15(2)10-18(14)26-3)27(24,25)21-13-16-6-4-7-17(12-16)22-9-5-8-20(22)23/h4,6-7,10-12,21H,5,8-9,13H2,1-3H3. The number of carbonyl (C=O) groups is 1. The lowest BCUT2D eigenvalue weighted by Gasteiger charge is -2.17. The molecule has 0 aromatic heterocycles. The van der Waals surface area contributed by atoms with Gasteiger partial charge in [-0.2, -0.15) is 0 Å². The first-order chi connectivity index (χ1) is 12.8. The van der Waals surface area contributed by atoms with E-state index in [2.05, 4.69) is 4.72 Å². The monoisotopic (exact) mass is 388 g/mol. The predicted octanol–water partition coefficient (Wildman–Crippen LogP) is 2.92. The molecular formula is C20H24N2O4S. The van der Waals surface area contributed by atoms with Gasteiger partial charge in [-0.15, -0.1) is 0 Å². The van der Waals surface area contributed by atoms with Crippen molar-refractivity contribution in [1.29, 1.82) is 0 Å². The smallest absolute Gasteiger partial charge is 0.241 e. The molecule has 2 aromatic rings. The third kappa shape index (κ3) is 4.14. The summed E-state index contributed by atoms with van der Waals surface area (Å²) in [5.74, 6) is 0.770. The summed E-state index contributed by atoms with van der Waals surface area (Å²) in [6.07, 6.45) is 1.42. The molecule has 0 bridgehead atoms. The summed E-state index contributed by atoms with van der Waals surface area (Å²) in [5, 5.41) is 0. The lowest BCUT2D eigenvalue weighted by atomic mass is 10.1. The number of ether oxygens (including phenoxy) is 1. The van der Waals surface area contributed by atoms with Crippen molar-refractivity contribution in [3.05, 3.63) is 53.1 Å². The number of aryl methyl sites for hydroxylation is 2. The minimum Gasteiger partial charge on any atom is -0.496 e. The molecule has 0 radical (unpaired) electrons. The quantitative estimate of drug-likeness (QED) is 0.826. The number of anilines is 1. The minimum absolute atomic E-state index is 0.108. The molecule has 1 saturated heterocycles. The number of nitrogens with zero attached hydrogens (tertiary/aromatic N) is 1. The number of benzene rings is 2. The fourth-order valence-corrected chi connectivity index (χ4v) is 4.61. The Labute approximate surface area is 160 Å². The van der Waals surface area contributed by atoms with Crippen LogP contribution in [0.5, 0.6) is 5.75 Å². The molecule has 0 aliphatic carbocycles. The lowest BCUT2D eigenvalue weighted by Crippen LogP contribution is -2.25. The normalized spacial score (nSPS) is 14.6. The summed E-state index contributed by atoms with van der Waals surface area (Å²) in [7, 11) is -2.10. The molecule has 1 amide bonds. The zero-order valence-corrected chi connectivity index (χ0v) is 16.6. The van der Waals surface area contributed by atoms with Crippen LogP contribution in [0.15, 0.2) is 41.3 Å². The molecule has 1 fully saturated rings. The van der Waals surface area contributed by atoms with Gasteiger partial charge >= 0.3 is 0 Å². The van der Waals surface area contributed by atoms with Gasteiger partial charge in [0.1, 0.15) is 5.75 Å². The van der Waals surface area contributed by atoms with E-state index in [-0.39, 0.29) is 17.3 Å². The Kier molecular flexibility index (Phi) is 5.53. The van der Waals surface area contributed by atoms with Crippen LogP contribution in [0.1, 0.15) is 29.5 Å². The molecule has 0 atom stereocenters. The Morgan fingerprint density at radius 2 is 1.93 bits per heavy atom. The highest BCUT2D eigenvalue weighted by atomic mass is 32.2. The number of hydrogen-bond donors (Lipinski definition) is 1. The van der Waals surface area contributed by atoms with Crippen molar-refractivity contribution in [3.63, 3.8) is 0 Å². The van der Waals surface area contributed by atoms with Gasteiger partial charge in [-0.25, -0.2) is 13.1 Å². The summed E-state index contributed by atoms with van der Waals surface area (Å²) in [5.41, 5.74) is 3.00. The molecule has 144 valence electrons. The van der Waals surface area contributed by atoms with Gasteiger partial charge in [0.05, 0.1) is 12.0 Å². The van der Waals surface area contributed by atoms with Gasteiger partial charge in [0.25, 0.3) is 0 Å². The first-order valence-corrected chi connectivity index (χ1v) is 10.3. The van der Waals surface area contributed by atoms with Gasteiger partial charge in [-0.3, -0.25) is 4.79 Å². The molecule has 1 aliphatic heterocycles. The number of carbonyl (C=O) groups excluding carboxylic acids is 1. The average Bonchev–Trinajstić information content (AvgIpc) is 3.08. The lowest BCUT2D eigenvalue weighted by molar-refractivity contribution is -0.117. The Morgan fingerprint density at radius 3 is 2.59 bits per heavy atom. The summed E-state index contributed by atoms with van der Waals surface area (Å²) in [4.78, 5) is 13.9. The zero-order chi connectivity index (χ0) is 19.6. The van der Waals surface area contributed by atoms with E-state index in [1.807, 2.05) is 31.2 Å². The molecule has 2 aromatic carbocycles. The Hall–Kier alpha value is -2.38. The maximum atomic E-state index is 12.8. The second kappa shape index (κ2) is 7.70. The van der Waals surface area contributed by atoms with Crippen LogP contribution in [-0.4, -0.2) is 28.0 Å². The number of hydrogen-bond acceptors (Lipinski definition) is 4. The SMILES string of the molecule is COc1cc(C)c(S(=O)(=O)NCc2cccc(N3CCCC3=O)c2)cc1C. The van der Waals surface area contributed by atoms with E-state index in [1.54, 1.807) is 31.1 Å². The fraction of sp³-hybridized carbons (Fsp3) is 0.350. The summed E-state index contributed by atoms with van der Waals surface area (Å²) in [6, 6.07) is 10.8. The molecule has 0 unspecified atom stereocenters. The van der Waals surface area contributed by atoms with Crippen LogP contribution in [0, 0.1) is 13.8 Å². The maximum absolute atomic E-state index is 12.8. The Morgan fingerprint density at radius 1 is 1.15 bits per heavy atom. The Balaban J connectivity index is 1.78. The van der Waals surface area contributed by atoms with E-state index < -0.39 is 10.0 Å². The van der Waals surface area contributed by atoms with E-state index >= 15 is 0 Å². The van der Waals surface area contributed by atoms with Crippen molar-refractivity contribution >= 4 is 21.6 Å². The third-order valence-corrected chi connectivity index (χ3v) is 6.29. The molecule has 0 spiro atoms. The van der Waals surface area contributed by atoms with Gasteiger partial charge in [-0.1, -0.05) is 12.1 Å². The van der Waals surface area contributed by atoms with Crippen LogP contribution in [-0.2, 0) is 21.4 Å². The number of amides is 1. The van der Waals surface area contributed by atoms with E-state index in [0.29, 0.717) is 24.3 Å². The molecule has 3 rings (SSSR count). The van der Waals surface area contributed by atoms with Crippen LogP contribution in [0.4, 0.5) is 5.69 Å². The topological polar surface area (TPSA) is 75.7 Å². The largest absolute Gasteiger partial charge is 0.496 e. The molecule has 1 heterocycles. The van der Waals surface area contributed by atoms with Crippen LogP contribution in [0.3, 0.4) is 0 Å². The van der Waals surface area contributed by atoms with Gasteiger partial charge in [0.15, 0.2) is 0 Å². The van der Waals surface area contributed by atoms with Crippen LogP contribution in [0.25, 0.3) is 0 Å². The third-order valence-electron chi connectivity index (χ3n) is 4.74. The number of methoxy groups -OCH3 is 1. The highest BCUT2D eigenvalue weighted by Crippen LogP contribution is 2.26. The van der Waals surface area contributed by atoms with Crippen molar-refractivity contribution < 1.29 is 17.9 Å². The molecule has 6 nitrogen and oxygen atoms in total. The highest BCUT2D eigenvalue weighted by Gasteiger charge is 2.22. The van der Waals surface area contributed by atoms with Gasteiger partial charge in [-0.05, 0) is 61.2 Å². The molecule has 0 saturated carbocycles. The number of sulfonamides is 1. The van der Waals surface area contributed by atoms with Crippen molar-refractivity contribution in [2.45, 2.75) is 38.1 Å². The first kappa shape index (κ1) is 19.4. The number of nitrogens with one attached hydrogen (secondary N) is 1. The summed E-state index contributed by atoms with van der Waals surface area (Å²) in [6.45, 7) is 4.42. The molecular weight excluding hydrogens is 364 g/mol. The van der Waals surface area contributed by atoms with E-state index in [0.717, 1.165) is 23.2 Å². The fourth-order valence-electron chi connectivity index (χ4n) is 3.28. The maximum Gasteiger partial charge on any atom is 0.241 e. The summed E-state index contributed by atoms with van der Waals surface area (Å²) < 4.78 is 33.4. The second-order valence-corrected chi connectivity index (χ2v) is 8.47. The molecule has 7 heteroatoms. The van der Waals surface area contributed by atoms with Crippen molar-refractivity contribution in [3.8, 4) is 5.75 Å².